The largest absolute Gasteiger partial charge is 0.388 e. The molecule has 1 aliphatic heterocycles. The molecular weight excluding hydrogens is 268 g/mol. The number of carbonyl (C=O) groups excluding carboxylic acids is 1. The molecule has 2 N–H and O–H groups in total. The third kappa shape index (κ3) is 3.46. The van der Waals surface area contributed by atoms with E-state index in [1.165, 1.54) is 4.31 Å². The molecule has 1 atom stereocenters. The van der Waals surface area contributed by atoms with Gasteiger partial charge < -0.3 is 10.4 Å². The van der Waals surface area contributed by atoms with Crippen LogP contribution in [0.3, 0.4) is 0 Å². The summed E-state index contributed by atoms with van der Waals surface area (Å²) in [6.07, 6.45) is 5.72. The number of nitrogens with one attached hydrogen (secondary N) is 1. The normalized spacial score (nSPS) is 27.6. The van der Waals surface area contributed by atoms with Crippen molar-refractivity contribution in [3.8, 4) is 0 Å². The number of hydrogen-bond donors (Lipinski definition) is 2. The predicted molar refractivity (Wildman–Crippen MR) is 71.0 cm³/mol. The minimum atomic E-state index is -3.36. The first kappa shape index (κ1) is 14.7. The van der Waals surface area contributed by atoms with Crippen molar-refractivity contribution in [1.82, 2.24) is 9.62 Å². The van der Waals surface area contributed by atoms with Crippen LogP contribution in [0.4, 0.5) is 0 Å². The van der Waals surface area contributed by atoms with Crippen LogP contribution in [0.5, 0.6) is 0 Å². The number of rotatable bonds is 4. The van der Waals surface area contributed by atoms with Crippen LogP contribution in [-0.2, 0) is 14.8 Å². The van der Waals surface area contributed by atoms with E-state index in [2.05, 4.69) is 5.32 Å². The number of carbonyl (C=O) groups is 1. The number of piperidine rings is 1. The molecule has 0 radical (unpaired) electrons. The van der Waals surface area contributed by atoms with E-state index in [1.54, 1.807) is 0 Å². The van der Waals surface area contributed by atoms with Crippen LogP contribution in [0, 0.1) is 0 Å². The van der Waals surface area contributed by atoms with Crippen molar-refractivity contribution in [2.45, 2.75) is 50.2 Å². The van der Waals surface area contributed by atoms with E-state index >= 15 is 0 Å². The molecule has 0 aromatic carbocycles. The van der Waals surface area contributed by atoms with Gasteiger partial charge in [-0.05, 0) is 32.1 Å². The van der Waals surface area contributed by atoms with Gasteiger partial charge in [0.15, 0.2) is 0 Å². The zero-order valence-corrected chi connectivity index (χ0v) is 12.1. The number of amides is 1. The summed E-state index contributed by atoms with van der Waals surface area (Å²) in [5, 5.41) is 12.6. The van der Waals surface area contributed by atoms with Gasteiger partial charge in [-0.2, -0.15) is 4.31 Å². The molecule has 7 heteroatoms. The van der Waals surface area contributed by atoms with Gasteiger partial charge in [-0.15, -0.1) is 0 Å². The van der Waals surface area contributed by atoms with Crippen molar-refractivity contribution in [3.05, 3.63) is 0 Å². The van der Waals surface area contributed by atoms with Crippen LogP contribution in [0.1, 0.15) is 38.5 Å². The molecule has 1 saturated heterocycles. The number of hydrogen-bond acceptors (Lipinski definition) is 4. The molecule has 0 aromatic heterocycles. The Bertz CT molecular complexity index is 445. The Hall–Kier alpha value is -0.660. The topological polar surface area (TPSA) is 86.7 Å². The zero-order valence-electron chi connectivity index (χ0n) is 11.3. The summed E-state index contributed by atoms with van der Waals surface area (Å²) < 4.78 is 24.6. The molecule has 0 bridgehead atoms. The maximum atomic E-state index is 12.1. The minimum absolute atomic E-state index is 0.222. The number of nitrogens with zero attached hydrogens (tertiary/aromatic N) is 1. The summed E-state index contributed by atoms with van der Waals surface area (Å²) >= 11 is 0. The first-order valence-corrected chi connectivity index (χ1v) is 8.64. The van der Waals surface area contributed by atoms with E-state index in [9.17, 15) is 18.3 Å². The Kier molecular flexibility index (Phi) is 4.17. The Morgan fingerprint density at radius 2 is 2.05 bits per heavy atom. The van der Waals surface area contributed by atoms with E-state index in [0.717, 1.165) is 25.5 Å². The molecule has 1 aliphatic carbocycles. The van der Waals surface area contributed by atoms with Gasteiger partial charge in [0.25, 0.3) is 0 Å². The zero-order chi connectivity index (χ0) is 14.1. The molecule has 1 saturated carbocycles. The van der Waals surface area contributed by atoms with Gasteiger partial charge in [-0.3, -0.25) is 4.79 Å². The second kappa shape index (κ2) is 5.38. The van der Waals surface area contributed by atoms with E-state index in [4.69, 9.17) is 0 Å². The highest BCUT2D eigenvalue weighted by molar-refractivity contribution is 7.88. The van der Waals surface area contributed by atoms with Crippen LogP contribution in [0.2, 0.25) is 0 Å². The van der Waals surface area contributed by atoms with Gasteiger partial charge in [0.1, 0.15) is 6.04 Å². The quantitative estimate of drug-likeness (QED) is 0.753. The molecule has 2 rings (SSSR count). The molecule has 1 amide bonds. The van der Waals surface area contributed by atoms with E-state index < -0.39 is 21.7 Å². The average molecular weight is 290 g/mol. The second-order valence-corrected chi connectivity index (χ2v) is 7.62. The average Bonchev–Trinajstić information content (AvgIpc) is 2.32. The fourth-order valence-corrected chi connectivity index (χ4v) is 3.82. The lowest BCUT2D eigenvalue weighted by Gasteiger charge is -2.38. The van der Waals surface area contributed by atoms with Gasteiger partial charge >= 0.3 is 0 Å². The summed E-state index contributed by atoms with van der Waals surface area (Å²) in [6, 6.07) is -0.618. The monoisotopic (exact) mass is 290 g/mol. The minimum Gasteiger partial charge on any atom is -0.388 e. The Morgan fingerprint density at radius 1 is 1.37 bits per heavy atom. The van der Waals surface area contributed by atoms with Crippen molar-refractivity contribution in [2.75, 3.05) is 19.3 Å². The summed E-state index contributed by atoms with van der Waals surface area (Å²) in [5.41, 5.74) is -0.778. The third-order valence-corrected chi connectivity index (χ3v) is 5.35. The maximum absolute atomic E-state index is 12.1. The highest BCUT2D eigenvalue weighted by Crippen LogP contribution is 2.30. The fourth-order valence-electron chi connectivity index (χ4n) is 2.70. The van der Waals surface area contributed by atoms with Crippen molar-refractivity contribution in [3.63, 3.8) is 0 Å². The first-order chi connectivity index (χ1) is 8.82. The Morgan fingerprint density at radius 3 is 2.58 bits per heavy atom. The summed E-state index contributed by atoms with van der Waals surface area (Å²) in [7, 11) is -3.36. The lowest BCUT2D eigenvalue weighted by Crippen LogP contribution is -2.55. The maximum Gasteiger partial charge on any atom is 0.238 e. The molecular formula is C12H22N2O4S. The fraction of sp³-hybridized carbons (Fsp3) is 0.917. The van der Waals surface area contributed by atoms with Gasteiger partial charge in [0.2, 0.25) is 15.9 Å². The molecule has 0 spiro atoms. The second-order valence-electron chi connectivity index (χ2n) is 5.68. The number of aliphatic hydroxyl groups is 1. The lowest BCUT2D eigenvalue weighted by atomic mass is 9.80. The molecule has 19 heavy (non-hydrogen) atoms. The van der Waals surface area contributed by atoms with Gasteiger partial charge in [0, 0.05) is 13.1 Å². The van der Waals surface area contributed by atoms with E-state index in [1.807, 2.05) is 0 Å². The Labute approximate surface area is 114 Å². The standard InChI is InChI=1S/C12H22N2O4S/c1-19(17,18)14-8-3-2-5-10(14)11(15)13-9-12(16)6-4-7-12/h10,16H,2-9H2,1H3,(H,13,15). The van der Waals surface area contributed by atoms with Gasteiger partial charge in [0.05, 0.1) is 11.9 Å². The van der Waals surface area contributed by atoms with Gasteiger partial charge in [-0.25, -0.2) is 8.42 Å². The first-order valence-electron chi connectivity index (χ1n) is 6.79. The van der Waals surface area contributed by atoms with E-state index in [0.29, 0.717) is 25.8 Å². The van der Waals surface area contributed by atoms with Crippen LogP contribution < -0.4 is 5.32 Å². The summed E-state index contributed by atoms with van der Waals surface area (Å²) in [6.45, 7) is 0.626. The molecule has 2 fully saturated rings. The summed E-state index contributed by atoms with van der Waals surface area (Å²) in [4.78, 5) is 12.1. The summed E-state index contributed by atoms with van der Waals surface area (Å²) in [5.74, 6) is -0.287. The third-order valence-electron chi connectivity index (χ3n) is 4.06. The molecule has 110 valence electrons. The van der Waals surface area contributed by atoms with Crippen LogP contribution in [0.15, 0.2) is 0 Å². The lowest BCUT2D eigenvalue weighted by molar-refractivity contribution is -0.128. The molecule has 0 aromatic rings. The van der Waals surface area contributed by atoms with Crippen LogP contribution >= 0.6 is 0 Å². The number of sulfonamides is 1. The SMILES string of the molecule is CS(=O)(=O)N1CCCCC1C(=O)NCC1(O)CCC1. The van der Waals surface area contributed by atoms with Crippen molar-refractivity contribution >= 4 is 15.9 Å². The predicted octanol–water partition coefficient (Wildman–Crippen LogP) is -0.168. The van der Waals surface area contributed by atoms with Crippen molar-refractivity contribution in [1.29, 1.82) is 0 Å². The van der Waals surface area contributed by atoms with E-state index in [-0.39, 0.29) is 12.5 Å². The van der Waals surface area contributed by atoms with Crippen LogP contribution in [0.25, 0.3) is 0 Å². The van der Waals surface area contributed by atoms with Crippen LogP contribution in [-0.4, -0.2) is 54.7 Å². The smallest absolute Gasteiger partial charge is 0.238 e. The highest BCUT2D eigenvalue weighted by Gasteiger charge is 2.38. The van der Waals surface area contributed by atoms with Gasteiger partial charge in [-0.1, -0.05) is 6.42 Å². The molecule has 6 nitrogen and oxygen atoms in total. The molecule has 2 aliphatic rings. The van der Waals surface area contributed by atoms with Crippen molar-refractivity contribution in [2.24, 2.45) is 0 Å². The highest BCUT2D eigenvalue weighted by atomic mass is 32.2. The molecule has 1 heterocycles. The molecule has 1 unspecified atom stereocenters. The Balaban J connectivity index is 1.95. The van der Waals surface area contributed by atoms with Crippen molar-refractivity contribution < 1.29 is 18.3 Å².